The lowest BCUT2D eigenvalue weighted by Crippen LogP contribution is -2.36. The largest absolute Gasteiger partial charge is 0.455 e. The fraction of sp³-hybridized carbons (Fsp3) is 0.0545. The average Bonchev–Trinajstić information content (AvgIpc) is 3.96. The SMILES string of the molecule is [B]1c2cccc3c2C(CCc2cc(-c4ccccc4)cc(-c4c(Nc5cccc6c5oc5ccccc56)ccc5c4oc4ccccc45)c21)c1ccc2ccccc2c1-3. The molecule has 9 aromatic carbocycles. The van der Waals surface area contributed by atoms with E-state index in [4.69, 9.17) is 8.83 Å². The van der Waals surface area contributed by atoms with Crippen molar-refractivity contribution in [2.24, 2.45) is 0 Å². The summed E-state index contributed by atoms with van der Waals surface area (Å²) in [5.74, 6) is 0.314. The van der Waals surface area contributed by atoms with Gasteiger partial charge in [0.1, 0.15) is 16.7 Å². The Morgan fingerprint density at radius 1 is 0.492 bits per heavy atom. The van der Waals surface area contributed by atoms with Crippen LogP contribution in [0.25, 0.3) is 88.0 Å². The number of hydrogen-bond donors (Lipinski definition) is 1. The molecule has 3 nitrogen and oxygen atoms in total. The Morgan fingerprint density at radius 3 is 2.05 bits per heavy atom. The number of aryl methyl sites for hydroxylation is 1. The molecule has 2 aliphatic rings. The van der Waals surface area contributed by atoms with Gasteiger partial charge in [-0.15, -0.1) is 0 Å². The van der Waals surface area contributed by atoms with Gasteiger partial charge >= 0.3 is 0 Å². The van der Waals surface area contributed by atoms with Crippen LogP contribution in [0.3, 0.4) is 0 Å². The van der Waals surface area contributed by atoms with Gasteiger partial charge in [0, 0.05) is 33.0 Å². The van der Waals surface area contributed by atoms with E-state index in [-0.39, 0.29) is 0 Å². The number of anilines is 2. The molecule has 1 aliphatic heterocycles. The molecular weight excluding hydrogens is 717 g/mol. The molecular formula is C55H35BNO2. The molecule has 2 aromatic heterocycles. The van der Waals surface area contributed by atoms with Crippen molar-refractivity contribution in [3.63, 3.8) is 0 Å². The van der Waals surface area contributed by atoms with Crippen molar-refractivity contribution < 1.29 is 8.83 Å². The van der Waals surface area contributed by atoms with Crippen LogP contribution < -0.4 is 16.2 Å². The van der Waals surface area contributed by atoms with Gasteiger partial charge < -0.3 is 14.2 Å². The standard InChI is InChI=1S/C55H35BNO2/c1-2-12-32(13-3-1)35-30-34-25-27-40-39-26-24-33-14-4-5-15-36(33)50(39)43-19-10-20-45(51(40)43)56-53(34)44(31-35)52-46(29-28-42-38-17-7-9-23-49(38)59-55(42)52)57-47-21-11-18-41-37-16-6-8-22-48(37)58-54(41)47/h1-24,26,28-31,40,57H,25,27H2. The van der Waals surface area contributed by atoms with Gasteiger partial charge in [-0.05, 0) is 99.0 Å². The van der Waals surface area contributed by atoms with Crippen LogP contribution in [0.4, 0.5) is 11.4 Å². The Bertz CT molecular complexity index is 3520. The lowest BCUT2D eigenvalue weighted by molar-refractivity contribution is 0.669. The minimum absolute atomic E-state index is 0.314. The Morgan fingerprint density at radius 2 is 1.20 bits per heavy atom. The molecule has 0 amide bonds. The zero-order valence-corrected chi connectivity index (χ0v) is 32.1. The summed E-state index contributed by atoms with van der Waals surface area (Å²) in [4.78, 5) is 0. The molecule has 1 N–H and O–H groups in total. The first-order chi connectivity index (χ1) is 29.2. The lowest BCUT2D eigenvalue weighted by atomic mass is 9.56. The third kappa shape index (κ3) is 4.90. The summed E-state index contributed by atoms with van der Waals surface area (Å²) in [7, 11) is 2.48. The average molecular weight is 753 g/mol. The van der Waals surface area contributed by atoms with E-state index in [0.717, 1.165) is 79.2 Å². The molecule has 0 bridgehead atoms. The molecule has 1 radical (unpaired) electrons. The summed E-state index contributed by atoms with van der Waals surface area (Å²) in [6, 6.07) is 63.6. The van der Waals surface area contributed by atoms with Gasteiger partial charge in [0.25, 0.3) is 0 Å². The van der Waals surface area contributed by atoms with Crippen LogP contribution >= 0.6 is 0 Å². The second-order valence-corrected chi connectivity index (χ2v) is 16.1. The molecule has 4 heteroatoms. The van der Waals surface area contributed by atoms with Gasteiger partial charge in [-0.2, -0.15) is 0 Å². The molecule has 1 unspecified atom stereocenters. The Kier molecular flexibility index (Phi) is 7.00. The maximum Gasteiger partial charge on any atom is 0.193 e. The fourth-order valence-electron chi connectivity index (χ4n) is 10.4. The molecule has 0 fully saturated rings. The number of benzene rings is 9. The molecule has 1 atom stereocenters. The minimum Gasteiger partial charge on any atom is -0.455 e. The smallest absolute Gasteiger partial charge is 0.193 e. The van der Waals surface area contributed by atoms with Crippen LogP contribution in [-0.2, 0) is 6.42 Å². The number of nitrogens with one attached hydrogen (secondary N) is 1. The maximum atomic E-state index is 6.97. The van der Waals surface area contributed by atoms with Crippen LogP contribution in [0.1, 0.15) is 29.0 Å². The van der Waals surface area contributed by atoms with E-state index >= 15 is 0 Å². The summed E-state index contributed by atoms with van der Waals surface area (Å²) < 4.78 is 13.5. The molecule has 0 saturated heterocycles. The Labute approximate surface area is 341 Å². The van der Waals surface area contributed by atoms with E-state index in [1.54, 1.807) is 0 Å². The van der Waals surface area contributed by atoms with Crippen molar-refractivity contribution in [1.82, 2.24) is 0 Å². The fourth-order valence-corrected chi connectivity index (χ4v) is 10.4. The lowest BCUT2D eigenvalue weighted by Gasteiger charge is -2.26. The normalized spacial score (nSPS) is 14.3. The van der Waals surface area contributed by atoms with Gasteiger partial charge in [0.15, 0.2) is 12.9 Å². The van der Waals surface area contributed by atoms with E-state index < -0.39 is 0 Å². The number of hydrogen-bond acceptors (Lipinski definition) is 3. The number of furan rings is 2. The van der Waals surface area contributed by atoms with E-state index in [1.165, 1.54) is 60.6 Å². The molecule has 275 valence electrons. The number of fused-ring (bicyclic) bond motifs is 12. The molecule has 11 aromatic rings. The number of rotatable bonds is 4. The first-order valence-corrected chi connectivity index (χ1v) is 20.6. The third-order valence-electron chi connectivity index (χ3n) is 13.0. The van der Waals surface area contributed by atoms with E-state index in [0.29, 0.717) is 5.92 Å². The zero-order valence-electron chi connectivity index (χ0n) is 32.1. The van der Waals surface area contributed by atoms with Crippen LogP contribution in [0.2, 0.25) is 0 Å². The predicted molar refractivity (Wildman–Crippen MR) is 246 cm³/mol. The minimum atomic E-state index is 0.314. The van der Waals surface area contributed by atoms with E-state index in [9.17, 15) is 0 Å². The highest BCUT2D eigenvalue weighted by atomic mass is 16.3. The first kappa shape index (κ1) is 32.8. The predicted octanol–water partition coefficient (Wildman–Crippen LogP) is 13.4. The summed E-state index contributed by atoms with van der Waals surface area (Å²) >= 11 is 0. The van der Waals surface area contributed by atoms with E-state index in [2.05, 4.69) is 176 Å². The maximum absolute atomic E-state index is 6.97. The van der Waals surface area contributed by atoms with Crippen LogP contribution in [0.15, 0.2) is 185 Å². The van der Waals surface area contributed by atoms with Gasteiger partial charge in [-0.3, -0.25) is 0 Å². The second kappa shape index (κ2) is 12.6. The van der Waals surface area contributed by atoms with Gasteiger partial charge in [0.2, 0.25) is 0 Å². The summed E-state index contributed by atoms with van der Waals surface area (Å²) in [5.41, 5.74) is 19.4. The van der Waals surface area contributed by atoms with Gasteiger partial charge in [-0.25, -0.2) is 0 Å². The highest BCUT2D eigenvalue weighted by Gasteiger charge is 2.34. The van der Waals surface area contributed by atoms with Crippen LogP contribution in [0.5, 0.6) is 0 Å². The summed E-state index contributed by atoms with van der Waals surface area (Å²) in [5, 5.41) is 10.9. The van der Waals surface area contributed by atoms with Crippen LogP contribution in [0, 0.1) is 0 Å². The molecule has 59 heavy (non-hydrogen) atoms. The van der Waals surface area contributed by atoms with E-state index in [1.807, 2.05) is 12.1 Å². The second-order valence-electron chi connectivity index (χ2n) is 16.1. The molecule has 0 spiro atoms. The first-order valence-electron chi connectivity index (χ1n) is 20.6. The molecule has 13 rings (SSSR count). The highest BCUT2D eigenvalue weighted by molar-refractivity contribution is 6.70. The summed E-state index contributed by atoms with van der Waals surface area (Å²) in [6.45, 7) is 0. The summed E-state index contributed by atoms with van der Waals surface area (Å²) in [6.07, 6.45) is 1.95. The molecule has 3 heterocycles. The van der Waals surface area contributed by atoms with Crippen molar-refractivity contribution in [1.29, 1.82) is 0 Å². The molecule has 1 aliphatic carbocycles. The third-order valence-corrected chi connectivity index (χ3v) is 13.0. The highest BCUT2D eigenvalue weighted by Crippen LogP contribution is 2.50. The van der Waals surface area contributed by atoms with Crippen molar-refractivity contribution in [2.45, 2.75) is 18.8 Å². The molecule has 0 saturated carbocycles. The van der Waals surface area contributed by atoms with Gasteiger partial charge in [0.05, 0.1) is 11.4 Å². The number of para-hydroxylation sites is 3. The Hall–Kier alpha value is -7.30. The van der Waals surface area contributed by atoms with Crippen molar-refractivity contribution in [3.05, 3.63) is 193 Å². The van der Waals surface area contributed by atoms with Crippen LogP contribution in [-0.4, -0.2) is 7.28 Å². The zero-order chi connectivity index (χ0) is 38.6. The Balaban J connectivity index is 1.08. The monoisotopic (exact) mass is 752 g/mol. The van der Waals surface area contributed by atoms with Crippen molar-refractivity contribution in [3.8, 4) is 33.4 Å². The van der Waals surface area contributed by atoms with Crippen molar-refractivity contribution in [2.75, 3.05) is 5.32 Å². The quantitative estimate of drug-likeness (QED) is 0.182. The topological polar surface area (TPSA) is 38.3 Å². The van der Waals surface area contributed by atoms with Gasteiger partial charge in [-0.1, -0.05) is 156 Å². The van der Waals surface area contributed by atoms with Crippen molar-refractivity contribution >= 4 is 84.2 Å².